The molecule has 0 heterocycles. The summed E-state index contributed by atoms with van der Waals surface area (Å²) in [5, 5.41) is 2.97. The Bertz CT molecular complexity index is 424. The third-order valence-corrected chi connectivity index (χ3v) is 3.78. The molecular formula is C17H25NO3. The summed E-state index contributed by atoms with van der Waals surface area (Å²) in [6.45, 7) is 3.67. The number of hydrogen-bond donors (Lipinski definition) is 1. The highest BCUT2D eigenvalue weighted by Gasteiger charge is 2.20. The summed E-state index contributed by atoms with van der Waals surface area (Å²) >= 11 is 0. The van der Waals surface area contributed by atoms with Gasteiger partial charge in [-0.3, -0.25) is 4.79 Å². The first-order valence-electron chi connectivity index (χ1n) is 7.93. The lowest BCUT2D eigenvalue weighted by Crippen LogP contribution is -2.34. The fourth-order valence-corrected chi connectivity index (χ4v) is 2.65. The van der Waals surface area contributed by atoms with Gasteiger partial charge in [-0.05, 0) is 44.0 Å². The van der Waals surface area contributed by atoms with Crippen LogP contribution in [-0.2, 0) is 4.79 Å². The van der Waals surface area contributed by atoms with Crippen LogP contribution in [0.25, 0.3) is 0 Å². The van der Waals surface area contributed by atoms with E-state index in [-0.39, 0.29) is 11.8 Å². The first-order chi connectivity index (χ1) is 10.3. The number of hydrogen-bond acceptors (Lipinski definition) is 3. The van der Waals surface area contributed by atoms with Crippen molar-refractivity contribution in [1.29, 1.82) is 0 Å². The van der Waals surface area contributed by atoms with Crippen molar-refractivity contribution < 1.29 is 14.3 Å². The number of ether oxygens (including phenoxy) is 2. The maximum Gasteiger partial charge on any atom is 0.223 e. The standard InChI is InChI=1S/C17H25NO3/c1-2-20-15-8-10-16(11-9-15)21-13-12-18-17(19)14-6-4-3-5-7-14/h8-11,14H,2-7,12-13H2,1H3,(H,18,19). The Morgan fingerprint density at radius 1 is 1.10 bits per heavy atom. The Morgan fingerprint density at radius 3 is 2.33 bits per heavy atom. The number of amides is 1. The van der Waals surface area contributed by atoms with Crippen LogP contribution < -0.4 is 14.8 Å². The maximum atomic E-state index is 11.9. The van der Waals surface area contributed by atoms with Gasteiger partial charge in [-0.15, -0.1) is 0 Å². The van der Waals surface area contributed by atoms with E-state index in [9.17, 15) is 4.79 Å². The van der Waals surface area contributed by atoms with Gasteiger partial charge in [0, 0.05) is 5.92 Å². The molecule has 2 rings (SSSR count). The molecule has 1 aliphatic rings. The van der Waals surface area contributed by atoms with E-state index in [0.29, 0.717) is 19.8 Å². The predicted octanol–water partition coefficient (Wildman–Crippen LogP) is 3.16. The molecule has 0 aromatic heterocycles. The largest absolute Gasteiger partial charge is 0.494 e. The Balaban J connectivity index is 1.63. The van der Waals surface area contributed by atoms with E-state index in [1.54, 1.807) is 0 Å². The SMILES string of the molecule is CCOc1ccc(OCCNC(=O)C2CCCCC2)cc1. The zero-order chi connectivity index (χ0) is 14.9. The first-order valence-corrected chi connectivity index (χ1v) is 7.93. The second-order valence-electron chi connectivity index (χ2n) is 5.38. The summed E-state index contributed by atoms with van der Waals surface area (Å²) < 4.78 is 11.0. The molecular weight excluding hydrogens is 266 g/mol. The highest BCUT2D eigenvalue weighted by Crippen LogP contribution is 2.23. The molecule has 1 aliphatic carbocycles. The van der Waals surface area contributed by atoms with E-state index in [2.05, 4.69) is 5.32 Å². The second-order valence-corrected chi connectivity index (χ2v) is 5.38. The van der Waals surface area contributed by atoms with E-state index in [0.717, 1.165) is 24.3 Å². The Hall–Kier alpha value is -1.71. The molecule has 116 valence electrons. The molecule has 0 atom stereocenters. The van der Waals surface area contributed by atoms with Crippen molar-refractivity contribution in [2.24, 2.45) is 5.92 Å². The Morgan fingerprint density at radius 2 is 1.71 bits per heavy atom. The summed E-state index contributed by atoms with van der Waals surface area (Å²) in [4.78, 5) is 11.9. The zero-order valence-electron chi connectivity index (χ0n) is 12.8. The Labute approximate surface area is 126 Å². The normalized spacial score (nSPS) is 15.5. The summed E-state index contributed by atoms with van der Waals surface area (Å²) in [5.41, 5.74) is 0. The van der Waals surface area contributed by atoms with E-state index in [4.69, 9.17) is 9.47 Å². The molecule has 1 saturated carbocycles. The molecule has 4 heteroatoms. The van der Waals surface area contributed by atoms with Crippen molar-refractivity contribution in [1.82, 2.24) is 5.32 Å². The van der Waals surface area contributed by atoms with Gasteiger partial charge in [0.25, 0.3) is 0 Å². The first kappa shape index (κ1) is 15.7. The summed E-state index contributed by atoms with van der Waals surface area (Å²) in [5.74, 6) is 2.04. The minimum atomic E-state index is 0.185. The topological polar surface area (TPSA) is 47.6 Å². The minimum absolute atomic E-state index is 0.185. The third kappa shape index (κ3) is 5.29. The molecule has 4 nitrogen and oxygen atoms in total. The molecule has 21 heavy (non-hydrogen) atoms. The number of rotatable bonds is 7. The third-order valence-electron chi connectivity index (χ3n) is 3.78. The molecule has 0 bridgehead atoms. The molecule has 0 radical (unpaired) electrons. The van der Waals surface area contributed by atoms with Crippen LogP contribution in [0.1, 0.15) is 39.0 Å². The van der Waals surface area contributed by atoms with Crippen LogP contribution in [0.2, 0.25) is 0 Å². The van der Waals surface area contributed by atoms with Crippen LogP contribution in [0.3, 0.4) is 0 Å². The smallest absolute Gasteiger partial charge is 0.223 e. The van der Waals surface area contributed by atoms with E-state index < -0.39 is 0 Å². The average Bonchev–Trinajstić information content (AvgIpc) is 2.54. The van der Waals surface area contributed by atoms with Crippen molar-refractivity contribution in [3.05, 3.63) is 24.3 Å². The van der Waals surface area contributed by atoms with E-state index in [1.165, 1.54) is 19.3 Å². The maximum absolute atomic E-state index is 11.9. The number of benzene rings is 1. The molecule has 0 aliphatic heterocycles. The van der Waals surface area contributed by atoms with Crippen molar-refractivity contribution in [2.45, 2.75) is 39.0 Å². The highest BCUT2D eigenvalue weighted by atomic mass is 16.5. The van der Waals surface area contributed by atoms with E-state index >= 15 is 0 Å². The van der Waals surface area contributed by atoms with Gasteiger partial charge in [0.15, 0.2) is 0 Å². The van der Waals surface area contributed by atoms with Crippen LogP contribution in [0.15, 0.2) is 24.3 Å². The Kier molecular flexibility index (Phi) is 6.38. The molecule has 1 aromatic rings. The second kappa shape index (κ2) is 8.55. The molecule has 1 fully saturated rings. The minimum Gasteiger partial charge on any atom is -0.494 e. The number of carbonyl (C=O) groups is 1. The molecule has 0 spiro atoms. The monoisotopic (exact) mass is 291 g/mol. The molecule has 1 amide bonds. The molecule has 1 aromatic carbocycles. The van der Waals surface area contributed by atoms with Gasteiger partial charge in [-0.1, -0.05) is 19.3 Å². The van der Waals surface area contributed by atoms with Gasteiger partial charge >= 0.3 is 0 Å². The van der Waals surface area contributed by atoms with Gasteiger partial charge in [0.1, 0.15) is 18.1 Å². The zero-order valence-corrected chi connectivity index (χ0v) is 12.8. The number of carbonyl (C=O) groups excluding carboxylic acids is 1. The van der Waals surface area contributed by atoms with Crippen molar-refractivity contribution in [2.75, 3.05) is 19.8 Å². The van der Waals surface area contributed by atoms with Crippen molar-refractivity contribution in [3.8, 4) is 11.5 Å². The molecule has 0 unspecified atom stereocenters. The van der Waals surface area contributed by atoms with Gasteiger partial charge in [0.05, 0.1) is 13.2 Å². The fraction of sp³-hybridized carbons (Fsp3) is 0.588. The fourth-order valence-electron chi connectivity index (χ4n) is 2.65. The summed E-state index contributed by atoms with van der Waals surface area (Å²) in [6.07, 6.45) is 5.70. The number of nitrogens with one attached hydrogen (secondary N) is 1. The molecule has 1 N–H and O–H groups in total. The van der Waals surface area contributed by atoms with E-state index in [1.807, 2.05) is 31.2 Å². The van der Waals surface area contributed by atoms with Crippen LogP contribution in [-0.4, -0.2) is 25.7 Å². The van der Waals surface area contributed by atoms with Crippen molar-refractivity contribution in [3.63, 3.8) is 0 Å². The van der Waals surface area contributed by atoms with Crippen molar-refractivity contribution >= 4 is 5.91 Å². The highest BCUT2D eigenvalue weighted by molar-refractivity contribution is 5.78. The van der Waals surface area contributed by atoms with Gasteiger partial charge in [-0.25, -0.2) is 0 Å². The van der Waals surface area contributed by atoms with Gasteiger partial charge in [0.2, 0.25) is 5.91 Å². The van der Waals surface area contributed by atoms with Crippen LogP contribution >= 0.6 is 0 Å². The quantitative estimate of drug-likeness (QED) is 0.785. The lowest BCUT2D eigenvalue weighted by molar-refractivity contribution is -0.126. The summed E-state index contributed by atoms with van der Waals surface area (Å²) in [6, 6.07) is 7.54. The lowest BCUT2D eigenvalue weighted by atomic mass is 9.89. The lowest BCUT2D eigenvalue weighted by Gasteiger charge is -2.20. The predicted molar refractivity (Wildman–Crippen MR) is 82.7 cm³/mol. The van der Waals surface area contributed by atoms with Crippen LogP contribution in [0, 0.1) is 5.92 Å². The van der Waals surface area contributed by atoms with Gasteiger partial charge < -0.3 is 14.8 Å². The van der Waals surface area contributed by atoms with Crippen LogP contribution in [0.4, 0.5) is 0 Å². The van der Waals surface area contributed by atoms with Gasteiger partial charge in [-0.2, -0.15) is 0 Å². The molecule has 0 saturated heterocycles. The average molecular weight is 291 g/mol. The summed E-state index contributed by atoms with van der Waals surface area (Å²) in [7, 11) is 0. The van der Waals surface area contributed by atoms with Crippen LogP contribution in [0.5, 0.6) is 11.5 Å².